The van der Waals surface area contributed by atoms with Crippen molar-refractivity contribution in [1.82, 2.24) is 9.47 Å². The average molecular weight is 303 g/mol. The van der Waals surface area contributed by atoms with Crippen LogP contribution in [0.2, 0.25) is 0 Å². The molecule has 0 saturated heterocycles. The molecule has 0 fully saturated rings. The van der Waals surface area contributed by atoms with E-state index >= 15 is 0 Å². The number of nitrogens with two attached hydrogens (primary N) is 1. The van der Waals surface area contributed by atoms with E-state index < -0.39 is 0 Å². The predicted molar refractivity (Wildman–Crippen MR) is 88.8 cm³/mol. The first kappa shape index (κ1) is 16.7. The van der Waals surface area contributed by atoms with Crippen molar-refractivity contribution in [3.63, 3.8) is 0 Å². The Morgan fingerprint density at radius 1 is 1.27 bits per heavy atom. The molecule has 0 aliphatic heterocycles. The normalized spacial score (nSPS) is 11.5. The number of para-hydroxylation sites is 1. The number of benzene rings is 1. The lowest BCUT2D eigenvalue weighted by Gasteiger charge is -2.07. The Hall–Kier alpha value is -1.69. The van der Waals surface area contributed by atoms with E-state index in [1.165, 1.54) is 10.9 Å². The molecule has 2 N–H and O–H groups in total. The van der Waals surface area contributed by atoms with Gasteiger partial charge in [0.05, 0.1) is 12.1 Å². The molecule has 1 aromatic carbocycles. The molecule has 0 spiro atoms. The van der Waals surface area contributed by atoms with Gasteiger partial charge in [0.1, 0.15) is 0 Å². The molecule has 0 radical (unpaired) electrons. The van der Waals surface area contributed by atoms with Gasteiger partial charge >= 0.3 is 0 Å². The predicted octanol–water partition coefficient (Wildman–Crippen LogP) is 2.45. The molecule has 0 aliphatic rings. The van der Waals surface area contributed by atoms with Gasteiger partial charge in [0.25, 0.3) is 0 Å². The highest BCUT2D eigenvalue weighted by Crippen LogP contribution is 2.22. The molecule has 120 valence electrons. The number of unbranched alkanes of at least 4 members (excludes halogenated alkanes) is 1. The van der Waals surface area contributed by atoms with Crippen LogP contribution in [-0.2, 0) is 11.3 Å². The van der Waals surface area contributed by atoms with Crippen LogP contribution in [0.25, 0.3) is 10.9 Å². The van der Waals surface area contributed by atoms with Gasteiger partial charge in [0.2, 0.25) is 5.91 Å². The standard InChI is InChI=1S/C17H25N3O2/c1-19(2)11-10-14-13-20(16-8-4-3-7-15(14)16)17(21)9-5-6-12-22-18/h3-4,7-8,13H,5-6,9-12,18H2,1-2H3. The molecule has 1 aromatic heterocycles. The first-order chi connectivity index (χ1) is 10.6. The van der Waals surface area contributed by atoms with Crippen LogP contribution in [0.4, 0.5) is 0 Å². The van der Waals surface area contributed by atoms with Gasteiger partial charge in [-0.2, -0.15) is 0 Å². The van der Waals surface area contributed by atoms with Crippen LogP contribution in [0.3, 0.4) is 0 Å². The number of aromatic nitrogens is 1. The van der Waals surface area contributed by atoms with Crippen molar-refractivity contribution in [2.45, 2.75) is 25.7 Å². The second kappa shape index (κ2) is 8.08. The minimum absolute atomic E-state index is 0.129. The number of rotatable bonds is 8. The second-order valence-corrected chi connectivity index (χ2v) is 5.82. The number of hydrogen-bond acceptors (Lipinski definition) is 4. The van der Waals surface area contributed by atoms with Crippen LogP contribution in [0, 0.1) is 0 Å². The molecule has 5 heteroatoms. The zero-order chi connectivity index (χ0) is 15.9. The number of fused-ring (bicyclic) bond motifs is 1. The molecule has 5 nitrogen and oxygen atoms in total. The molecular formula is C17H25N3O2. The van der Waals surface area contributed by atoms with Gasteiger partial charge in [-0.15, -0.1) is 0 Å². The van der Waals surface area contributed by atoms with E-state index in [1.807, 2.05) is 24.4 Å². The van der Waals surface area contributed by atoms with Crippen molar-refractivity contribution in [1.29, 1.82) is 0 Å². The van der Waals surface area contributed by atoms with E-state index in [1.54, 1.807) is 4.57 Å². The molecule has 2 rings (SSSR count). The Bertz CT molecular complexity index is 619. The summed E-state index contributed by atoms with van der Waals surface area (Å²) >= 11 is 0. The van der Waals surface area contributed by atoms with Gasteiger partial charge in [-0.05, 0) is 45.0 Å². The Morgan fingerprint density at radius 2 is 2.05 bits per heavy atom. The topological polar surface area (TPSA) is 60.5 Å². The minimum Gasteiger partial charge on any atom is -0.309 e. The quantitative estimate of drug-likeness (QED) is 0.601. The number of likely N-dealkylation sites (N-methyl/N-ethyl adjacent to an activating group) is 1. The SMILES string of the molecule is CN(C)CCc1cn(C(=O)CCCCON)c2ccccc12. The molecular weight excluding hydrogens is 278 g/mol. The lowest BCUT2D eigenvalue weighted by atomic mass is 10.1. The second-order valence-electron chi connectivity index (χ2n) is 5.82. The maximum atomic E-state index is 12.5. The van der Waals surface area contributed by atoms with Crippen molar-refractivity contribution in [2.75, 3.05) is 27.2 Å². The number of hydrogen-bond donors (Lipinski definition) is 1. The smallest absolute Gasteiger partial charge is 0.231 e. The minimum atomic E-state index is 0.129. The van der Waals surface area contributed by atoms with E-state index in [-0.39, 0.29) is 5.91 Å². The van der Waals surface area contributed by atoms with Crippen molar-refractivity contribution < 1.29 is 9.63 Å². The third kappa shape index (κ3) is 4.16. The van der Waals surface area contributed by atoms with E-state index in [9.17, 15) is 4.79 Å². The fraction of sp³-hybridized carbons (Fsp3) is 0.471. The van der Waals surface area contributed by atoms with Crippen molar-refractivity contribution in [3.8, 4) is 0 Å². The maximum absolute atomic E-state index is 12.5. The monoisotopic (exact) mass is 303 g/mol. The van der Waals surface area contributed by atoms with Crippen molar-refractivity contribution in [2.24, 2.45) is 5.90 Å². The summed E-state index contributed by atoms with van der Waals surface area (Å²) in [5.74, 6) is 5.13. The summed E-state index contributed by atoms with van der Waals surface area (Å²) in [6.45, 7) is 1.46. The van der Waals surface area contributed by atoms with Crippen molar-refractivity contribution >= 4 is 16.8 Å². The highest BCUT2D eigenvalue weighted by molar-refractivity contribution is 5.94. The fourth-order valence-electron chi connectivity index (χ4n) is 2.58. The Labute approximate surface area is 131 Å². The van der Waals surface area contributed by atoms with Crippen LogP contribution in [0.1, 0.15) is 29.6 Å². The Kier molecular flexibility index (Phi) is 6.12. The molecule has 0 atom stereocenters. The molecule has 0 saturated carbocycles. The highest BCUT2D eigenvalue weighted by Gasteiger charge is 2.13. The summed E-state index contributed by atoms with van der Waals surface area (Å²) in [6.07, 6.45) is 5.03. The summed E-state index contributed by atoms with van der Waals surface area (Å²) in [4.78, 5) is 19.1. The first-order valence-corrected chi connectivity index (χ1v) is 7.72. The van der Waals surface area contributed by atoms with E-state index in [4.69, 9.17) is 5.90 Å². The number of carbonyl (C=O) groups is 1. The van der Waals surface area contributed by atoms with Gasteiger partial charge in [-0.3, -0.25) is 9.36 Å². The maximum Gasteiger partial charge on any atom is 0.231 e. The summed E-state index contributed by atoms with van der Waals surface area (Å²) in [5.41, 5.74) is 2.22. The van der Waals surface area contributed by atoms with Crippen molar-refractivity contribution in [3.05, 3.63) is 36.0 Å². The summed E-state index contributed by atoms with van der Waals surface area (Å²) in [7, 11) is 4.12. The third-order valence-corrected chi connectivity index (χ3v) is 3.79. The Balaban J connectivity index is 2.16. The average Bonchev–Trinajstić information content (AvgIpc) is 2.88. The lowest BCUT2D eigenvalue weighted by Crippen LogP contribution is -2.15. The summed E-state index contributed by atoms with van der Waals surface area (Å²) < 4.78 is 1.80. The molecule has 1 heterocycles. The van der Waals surface area contributed by atoms with Crippen LogP contribution >= 0.6 is 0 Å². The van der Waals surface area contributed by atoms with Crippen LogP contribution < -0.4 is 5.90 Å². The molecule has 0 unspecified atom stereocenters. The van der Waals surface area contributed by atoms with Crippen LogP contribution in [0.5, 0.6) is 0 Å². The largest absolute Gasteiger partial charge is 0.309 e. The molecule has 0 bridgehead atoms. The lowest BCUT2D eigenvalue weighted by molar-refractivity contribution is 0.0893. The zero-order valence-electron chi connectivity index (χ0n) is 13.4. The van der Waals surface area contributed by atoms with E-state index in [0.717, 1.165) is 31.3 Å². The molecule has 2 aromatic rings. The zero-order valence-corrected chi connectivity index (χ0v) is 13.4. The van der Waals surface area contributed by atoms with E-state index in [0.29, 0.717) is 13.0 Å². The Morgan fingerprint density at radius 3 is 2.77 bits per heavy atom. The van der Waals surface area contributed by atoms with Crippen LogP contribution in [0.15, 0.2) is 30.5 Å². The third-order valence-electron chi connectivity index (χ3n) is 3.79. The summed E-state index contributed by atoms with van der Waals surface area (Å²) in [5, 5.41) is 1.17. The fourth-order valence-corrected chi connectivity index (χ4v) is 2.58. The molecule has 0 aliphatic carbocycles. The van der Waals surface area contributed by atoms with Gasteiger partial charge in [0, 0.05) is 24.5 Å². The highest BCUT2D eigenvalue weighted by atomic mass is 16.6. The number of nitrogens with zero attached hydrogens (tertiary/aromatic N) is 2. The van der Waals surface area contributed by atoms with Gasteiger partial charge < -0.3 is 9.74 Å². The van der Waals surface area contributed by atoms with Crippen LogP contribution in [-0.4, -0.2) is 42.6 Å². The molecule has 0 amide bonds. The number of carbonyl (C=O) groups excluding carboxylic acids is 1. The first-order valence-electron chi connectivity index (χ1n) is 7.72. The molecule has 22 heavy (non-hydrogen) atoms. The van der Waals surface area contributed by atoms with Gasteiger partial charge in [-0.1, -0.05) is 18.2 Å². The van der Waals surface area contributed by atoms with Gasteiger partial charge in [-0.25, -0.2) is 5.90 Å². The van der Waals surface area contributed by atoms with E-state index in [2.05, 4.69) is 29.9 Å². The summed E-state index contributed by atoms with van der Waals surface area (Å²) in [6, 6.07) is 8.10. The van der Waals surface area contributed by atoms with Gasteiger partial charge in [0.15, 0.2) is 0 Å².